The summed E-state index contributed by atoms with van der Waals surface area (Å²) in [5.74, 6) is 0.751. The minimum atomic E-state index is 0.552. The van der Waals surface area contributed by atoms with Gasteiger partial charge in [0, 0.05) is 11.1 Å². The molecule has 0 bridgehead atoms. The number of H-pyrrole nitrogens is 1. The van der Waals surface area contributed by atoms with Crippen LogP contribution in [0.4, 0.5) is 0 Å². The van der Waals surface area contributed by atoms with Gasteiger partial charge < -0.3 is 0 Å². The largest absolute Gasteiger partial charge is 0.298 e. The van der Waals surface area contributed by atoms with E-state index in [1.165, 1.54) is 11.1 Å². The number of aldehydes is 1. The Morgan fingerprint density at radius 1 is 1.12 bits per heavy atom. The molecule has 0 amide bonds. The molecule has 128 valence electrons. The number of nitrogens with zero attached hydrogens (tertiary/aromatic N) is 2. The second kappa shape index (κ2) is 7.15. The maximum Gasteiger partial charge on any atom is 0.200 e. The van der Waals surface area contributed by atoms with E-state index in [4.69, 9.17) is 12.2 Å². The number of aryl methyl sites for hydroxylation is 3. The Balaban J connectivity index is 2.16. The molecular weight excluding hydrogens is 330 g/mol. The molecule has 1 heterocycles. The summed E-state index contributed by atoms with van der Waals surface area (Å²) in [6.45, 7) is 6.30. The zero-order valence-electron chi connectivity index (χ0n) is 14.7. The maximum absolute atomic E-state index is 11.2. The van der Waals surface area contributed by atoms with E-state index in [0.29, 0.717) is 4.77 Å². The first kappa shape index (κ1) is 17.3. The molecule has 4 nitrogen and oxygen atoms in total. The molecule has 1 aromatic heterocycles. The van der Waals surface area contributed by atoms with E-state index >= 15 is 0 Å². The number of aromatic nitrogens is 3. The van der Waals surface area contributed by atoms with Crippen molar-refractivity contribution < 1.29 is 4.79 Å². The van der Waals surface area contributed by atoms with Gasteiger partial charge in [-0.1, -0.05) is 32.0 Å². The molecule has 0 atom stereocenters. The zero-order valence-corrected chi connectivity index (χ0v) is 15.5. The zero-order chi connectivity index (χ0) is 18.0. The van der Waals surface area contributed by atoms with Crippen LogP contribution < -0.4 is 0 Å². The third-order valence-corrected chi connectivity index (χ3v) is 4.82. The Hall–Kier alpha value is -2.53. The monoisotopic (exact) mass is 351 g/mol. The maximum atomic E-state index is 11.2. The number of carbonyl (C=O) groups is 1. The first-order chi connectivity index (χ1) is 12.1. The highest BCUT2D eigenvalue weighted by Gasteiger charge is 2.13. The Kier molecular flexibility index (Phi) is 4.95. The molecule has 5 heteroatoms. The molecule has 0 radical (unpaired) electrons. The number of rotatable bonds is 5. The van der Waals surface area contributed by atoms with Crippen LogP contribution in [0.25, 0.3) is 17.1 Å². The predicted octanol–water partition coefficient (Wildman–Crippen LogP) is 4.84. The topological polar surface area (TPSA) is 50.7 Å². The lowest BCUT2D eigenvalue weighted by Gasteiger charge is -2.11. The first-order valence-corrected chi connectivity index (χ1v) is 8.85. The van der Waals surface area contributed by atoms with Gasteiger partial charge in [0.25, 0.3) is 0 Å². The first-order valence-electron chi connectivity index (χ1n) is 8.44. The summed E-state index contributed by atoms with van der Waals surface area (Å²) in [6, 6.07) is 12.1. The summed E-state index contributed by atoms with van der Waals surface area (Å²) in [6.07, 6.45) is 2.69. The minimum absolute atomic E-state index is 0.552. The minimum Gasteiger partial charge on any atom is -0.298 e. The van der Waals surface area contributed by atoms with Crippen LogP contribution in [-0.2, 0) is 12.8 Å². The number of benzene rings is 2. The Morgan fingerprint density at radius 3 is 2.52 bits per heavy atom. The van der Waals surface area contributed by atoms with E-state index in [2.05, 4.69) is 42.2 Å². The molecule has 2 aromatic carbocycles. The van der Waals surface area contributed by atoms with E-state index in [9.17, 15) is 4.79 Å². The fourth-order valence-corrected chi connectivity index (χ4v) is 3.35. The van der Waals surface area contributed by atoms with Gasteiger partial charge >= 0.3 is 0 Å². The highest BCUT2D eigenvalue weighted by Crippen LogP contribution is 2.25. The Morgan fingerprint density at radius 2 is 1.88 bits per heavy atom. The summed E-state index contributed by atoms with van der Waals surface area (Å²) in [4.78, 5) is 11.2. The van der Waals surface area contributed by atoms with Crippen molar-refractivity contribution >= 4 is 18.5 Å². The number of hydrogen-bond acceptors (Lipinski definition) is 3. The second-order valence-corrected chi connectivity index (χ2v) is 6.42. The van der Waals surface area contributed by atoms with E-state index < -0.39 is 0 Å². The molecule has 0 spiro atoms. The van der Waals surface area contributed by atoms with E-state index in [1.807, 2.05) is 29.7 Å². The molecule has 0 aliphatic rings. The summed E-state index contributed by atoms with van der Waals surface area (Å²) in [5.41, 5.74) is 6.21. The van der Waals surface area contributed by atoms with Crippen molar-refractivity contribution in [1.29, 1.82) is 0 Å². The number of nitrogens with one attached hydrogen (secondary N) is 1. The van der Waals surface area contributed by atoms with Crippen LogP contribution in [0.15, 0.2) is 36.4 Å². The summed E-state index contributed by atoms with van der Waals surface area (Å²) in [7, 11) is 0. The van der Waals surface area contributed by atoms with Crippen molar-refractivity contribution in [3.63, 3.8) is 0 Å². The molecule has 1 N–H and O–H groups in total. The van der Waals surface area contributed by atoms with Crippen LogP contribution in [0.3, 0.4) is 0 Å². The van der Waals surface area contributed by atoms with Crippen molar-refractivity contribution in [2.75, 3.05) is 0 Å². The highest BCUT2D eigenvalue weighted by molar-refractivity contribution is 7.71. The highest BCUT2D eigenvalue weighted by atomic mass is 32.1. The van der Waals surface area contributed by atoms with E-state index in [-0.39, 0.29) is 0 Å². The molecule has 3 aromatic rings. The van der Waals surface area contributed by atoms with Crippen molar-refractivity contribution in [1.82, 2.24) is 14.8 Å². The van der Waals surface area contributed by atoms with Gasteiger partial charge in [-0.25, -0.2) is 0 Å². The van der Waals surface area contributed by atoms with Gasteiger partial charge in [-0.2, -0.15) is 5.10 Å². The van der Waals surface area contributed by atoms with Crippen molar-refractivity contribution in [3.05, 3.63) is 63.4 Å². The average molecular weight is 351 g/mol. The average Bonchev–Trinajstić information content (AvgIpc) is 3.02. The lowest BCUT2D eigenvalue weighted by atomic mass is 10.0. The quantitative estimate of drug-likeness (QED) is 0.528. The molecule has 0 aliphatic carbocycles. The van der Waals surface area contributed by atoms with Crippen LogP contribution in [0.5, 0.6) is 0 Å². The van der Waals surface area contributed by atoms with Crippen LogP contribution in [-0.4, -0.2) is 21.1 Å². The number of hydrogen-bond donors (Lipinski definition) is 1. The fourth-order valence-electron chi connectivity index (χ4n) is 3.11. The lowest BCUT2D eigenvalue weighted by molar-refractivity contribution is 0.112. The third kappa shape index (κ3) is 3.20. The molecule has 0 saturated carbocycles. The van der Waals surface area contributed by atoms with Crippen molar-refractivity contribution in [2.24, 2.45) is 0 Å². The summed E-state index contributed by atoms with van der Waals surface area (Å²) in [5, 5.41) is 7.32. The molecule has 0 saturated heterocycles. The standard InChI is InChI=1S/C20H21N3OS/c1-4-14-8-9-18(10-13(14)3)23-19(21-22-20(23)25)16-6-7-17(12-24)15(5-2)11-16/h6-12H,4-5H2,1-3H3,(H,22,25). The summed E-state index contributed by atoms with van der Waals surface area (Å²) < 4.78 is 2.49. The van der Waals surface area contributed by atoms with Crippen LogP contribution >= 0.6 is 12.2 Å². The Bertz CT molecular complexity index is 985. The molecular formula is C20H21N3OS. The number of aromatic amines is 1. The van der Waals surface area contributed by atoms with Gasteiger partial charge in [-0.3, -0.25) is 14.5 Å². The normalized spacial score (nSPS) is 10.8. The fraction of sp³-hybridized carbons (Fsp3) is 0.250. The predicted molar refractivity (Wildman–Crippen MR) is 103 cm³/mol. The molecule has 3 rings (SSSR count). The van der Waals surface area contributed by atoms with Crippen LogP contribution in [0, 0.1) is 11.7 Å². The third-order valence-electron chi connectivity index (χ3n) is 4.55. The van der Waals surface area contributed by atoms with E-state index in [1.54, 1.807) is 0 Å². The van der Waals surface area contributed by atoms with Crippen molar-refractivity contribution in [3.8, 4) is 17.1 Å². The summed E-state index contributed by atoms with van der Waals surface area (Å²) >= 11 is 5.46. The smallest absolute Gasteiger partial charge is 0.200 e. The van der Waals surface area contributed by atoms with Gasteiger partial charge in [0.2, 0.25) is 0 Å². The Labute approximate surface area is 152 Å². The van der Waals surface area contributed by atoms with E-state index in [0.717, 1.165) is 47.3 Å². The molecule has 0 aliphatic heterocycles. The van der Waals surface area contributed by atoms with Gasteiger partial charge in [-0.05, 0) is 66.9 Å². The second-order valence-electron chi connectivity index (χ2n) is 6.04. The van der Waals surface area contributed by atoms with Gasteiger partial charge in [0.05, 0.1) is 5.69 Å². The van der Waals surface area contributed by atoms with Crippen molar-refractivity contribution in [2.45, 2.75) is 33.6 Å². The van der Waals surface area contributed by atoms with Crippen LogP contribution in [0.2, 0.25) is 0 Å². The SMILES string of the molecule is CCc1ccc(-n2c(-c3ccc(C=O)c(CC)c3)n[nH]c2=S)cc1C. The molecule has 0 fully saturated rings. The van der Waals surface area contributed by atoms with Gasteiger partial charge in [0.15, 0.2) is 10.6 Å². The lowest BCUT2D eigenvalue weighted by Crippen LogP contribution is -2.00. The van der Waals surface area contributed by atoms with Gasteiger partial charge in [-0.15, -0.1) is 0 Å². The van der Waals surface area contributed by atoms with Gasteiger partial charge in [0.1, 0.15) is 6.29 Å². The molecule has 25 heavy (non-hydrogen) atoms. The molecule has 0 unspecified atom stereocenters. The number of carbonyl (C=O) groups excluding carboxylic acids is 1. The van der Waals surface area contributed by atoms with Crippen LogP contribution in [0.1, 0.15) is 40.9 Å².